The number of urea groups is 1. The van der Waals surface area contributed by atoms with Gasteiger partial charge in [0.05, 0.1) is 18.7 Å². The molecule has 0 saturated heterocycles. The fourth-order valence-electron chi connectivity index (χ4n) is 3.61. The lowest BCUT2D eigenvalue weighted by molar-refractivity contribution is 0.251. The summed E-state index contributed by atoms with van der Waals surface area (Å²) in [5.41, 5.74) is 4.57. The molecule has 6 nitrogen and oxygen atoms in total. The maximum absolute atomic E-state index is 12.5. The van der Waals surface area contributed by atoms with E-state index in [0.29, 0.717) is 23.5 Å². The number of ether oxygens (including phenoxy) is 1. The second-order valence-corrected chi connectivity index (χ2v) is 8.17. The van der Waals surface area contributed by atoms with Crippen molar-refractivity contribution in [3.05, 3.63) is 83.9 Å². The highest BCUT2D eigenvalue weighted by atomic mass is 16.5. The van der Waals surface area contributed by atoms with Gasteiger partial charge in [0, 0.05) is 24.2 Å². The van der Waals surface area contributed by atoms with Gasteiger partial charge in [-0.1, -0.05) is 42.5 Å². The van der Waals surface area contributed by atoms with E-state index < -0.39 is 0 Å². The van der Waals surface area contributed by atoms with Gasteiger partial charge >= 0.3 is 6.03 Å². The van der Waals surface area contributed by atoms with Gasteiger partial charge in [-0.3, -0.25) is 0 Å². The van der Waals surface area contributed by atoms with Crippen LogP contribution in [0.1, 0.15) is 23.5 Å². The molecule has 0 radical (unpaired) electrons. The second kappa shape index (κ2) is 11.7. The van der Waals surface area contributed by atoms with E-state index in [9.17, 15) is 4.79 Å². The Labute approximate surface area is 195 Å². The third kappa shape index (κ3) is 7.09. The van der Waals surface area contributed by atoms with Gasteiger partial charge in [-0.05, 0) is 68.0 Å². The van der Waals surface area contributed by atoms with E-state index in [2.05, 4.69) is 45.9 Å². The van der Waals surface area contributed by atoms with Crippen molar-refractivity contribution in [1.29, 1.82) is 5.26 Å². The van der Waals surface area contributed by atoms with E-state index in [0.717, 1.165) is 24.1 Å². The molecule has 6 heteroatoms. The SMILES string of the molecule is COc1cccc(NC(=O)NCC(CCN(C)C)c2ccc(-c3cccc(C#N)c3)cc2)c1. The number of hydrogen-bond acceptors (Lipinski definition) is 4. The minimum absolute atomic E-state index is 0.169. The summed E-state index contributed by atoms with van der Waals surface area (Å²) in [6.07, 6.45) is 0.912. The Bertz CT molecular complexity index is 1100. The van der Waals surface area contributed by atoms with Crippen molar-refractivity contribution in [3.8, 4) is 22.9 Å². The third-order valence-electron chi connectivity index (χ3n) is 5.47. The highest BCUT2D eigenvalue weighted by molar-refractivity contribution is 5.89. The third-order valence-corrected chi connectivity index (χ3v) is 5.47. The summed E-state index contributed by atoms with van der Waals surface area (Å²) in [6, 6.07) is 25.2. The van der Waals surface area contributed by atoms with E-state index in [4.69, 9.17) is 10.00 Å². The number of nitrogens with one attached hydrogen (secondary N) is 2. The van der Waals surface area contributed by atoms with Crippen molar-refractivity contribution >= 4 is 11.7 Å². The molecule has 0 heterocycles. The van der Waals surface area contributed by atoms with Gasteiger partial charge in [0.15, 0.2) is 0 Å². The number of methoxy groups -OCH3 is 1. The van der Waals surface area contributed by atoms with Crippen molar-refractivity contribution in [2.45, 2.75) is 12.3 Å². The molecule has 1 unspecified atom stereocenters. The van der Waals surface area contributed by atoms with Crippen molar-refractivity contribution in [2.75, 3.05) is 39.6 Å². The highest BCUT2D eigenvalue weighted by Gasteiger charge is 2.14. The maximum Gasteiger partial charge on any atom is 0.319 e. The van der Waals surface area contributed by atoms with Gasteiger partial charge in [-0.2, -0.15) is 5.26 Å². The Morgan fingerprint density at radius 2 is 1.79 bits per heavy atom. The summed E-state index contributed by atoms with van der Waals surface area (Å²) in [5.74, 6) is 0.861. The summed E-state index contributed by atoms with van der Waals surface area (Å²) in [5, 5.41) is 15.0. The zero-order valence-corrected chi connectivity index (χ0v) is 19.3. The van der Waals surface area contributed by atoms with Crippen molar-refractivity contribution in [2.24, 2.45) is 0 Å². The quantitative estimate of drug-likeness (QED) is 0.484. The zero-order valence-electron chi connectivity index (χ0n) is 19.3. The molecule has 170 valence electrons. The van der Waals surface area contributed by atoms with E-state index >= 15 is 0 Å². The molecule has 3 aromatic carbocycles. The molecule has 2 N–H and O–H groups in total. The standard InChI is InChI=1S/C27H30N4O2/c1-31(2)15-14-24(19-29-27(32)30-25-8-5-9-26(17-25)33-3)22-12-10-21(11-13-22)23-7-4-6-20(16-23)18-28/h4-13,16-17,24H,14-15,19H2,1-3H3,(H2,29,30,32). The van der Waals surface area contributed by atoms with E-state index in [1.807, 2.05) is 50.5 Å². The molecular formula is C27H30N4O2. The lowest BCUT2D eigenvalue weighted by atomic mass is 9.93. The molecule has 0 aliphatic rings. The Hall–Kier alpha value is -3.82. The molecule has 0 aliphatic carbocycles. The number of nitrogens with zero attached hydrogens (tertiary/aromatic N) is 2. The topological polar surface area (TPSA) is 77.4 Å². The van der Waals surface area contributed by atoms with Crippen LogP contribution in [0.15, 0.2) is 72.8 Å². The van der Waals surface area contributed by atoms with Crippen LogP contribution in [0.4, 0.5) is 10.5 Å². The Kier molecular flexibility index (Phi) is 8.45. The highest BCUT2D eigenvalue weighted by Crippen LogP contribution is 2.25. The minimum atomic E-state index is -0.247. The number of hydrogen-bond donors (Lipinski definition) is 2. The van der Waals surface area contributed by atoms with Crippen molar-refractivity contribution in [3.63, 3.8) is 0 Å². The number of rotatable bonds is 9. The summed E-state index contributed by atoms with van der Waals surface area (Å²) < 4.78 is 5.21. The van der Waals surface area contributed by atoms with Crippen LogP contribution in [0.5, 0.6) is 5.75 Å². The Balaban J connectivity index is 1.68. The number of carbonyl (C=O) groups is 1. The lowest BCUT2D eigenvalue weighted by Crippen LogP contribution is -2.33. The van der Waals surface area contributed by atoms with Crippen LogP contribution in [0, 0.1) is 11.3 Å². The number of anilines is 1. The minimum Gasteiger partial charge on any atom is -0.497 e. The van der Waals surface area contributed by atoms with E-state index in [-0.39, 0.29) is 11.9 Å². The molecule has 0 spiro atoms. The first-order valence-corrected chi connectivity index (χ1v) is 10.9. The molecule has 33 heavy (non-hydrogen) atoms. The van der Waals surface area contributed by atoms with Crippen molar-refractivity contribution in [1.82, 2.24) is 10.2 Å². The van der Waals surface area contributed by atoms with Gasteiger partial charge in [0.25, 0.3) is 0 Å². The molecule has 0 aromatic heterocycles. The molecule has 0 saturated carbocycles. The number of benzene rings is 3. The smallest absolute Gasteiger partial charge is 0.319 e. The predicted molar refractivity (Wildman–Crippen MR) is 133 cm³/mol. The number of amides is 2. The molecular weight excluding hydrogens is 412 g/mol. The molecule has 2 amide bonds. The van der Waals surface area contributed by atoms with Crippen LogP contribution in [0.3, 0.4) is 0 Å². The lowest BCUT2D eigenvalue weighted by Gasteiger charge is -2.21. The first kappa shape index (κ1) is 23.8. The maximum atomic E-state index is 12.5. The first-order chi connectivity index (χ1) is 16.0. The van der Waals surface area contributed by atoms with E-state index in [1.54, 1.807) is 19.2 Å². The largest absolute Gasteiger partial charge is 0.497 e. The normalized spacial score (nSPS) is 11.5. The number of nitriles is 1. The van der Waals surface area contributed by atoms with Gasteiger partial charge in [0.2, 0.25) is 0 Å². The molecule has 3 rings (SSSR count). The van der Waals surface area contributed by atoms with Gasteiger partial charge in [-0.15, -0.1) is 0 Å². The Morgan fingerprint density at radius 1 is 1.03 bits per heavy atom. The monoisotopic (exact) mass is 442 g/mol. The molecule has 3 aromatic rings. The predicted octanol–water partition coefficient (Wildman–Crippen LogP) is 5.09. The van der Waals surface area contributed by atoms with Crippen LogP contribution in [0.25, 0.3) is 11.1 Å². The van der Waals surface area contributed by atoms with Gasteiger partial charge in [0.1, 0.15) is 5.75 Å². The average Bonchev–Trinajstić information content (AvgIpc) is 2.84. The van der Waals surface area contributed by atoms with Gasteiger partial charge in [-0.25, -0.2) is 4.79 Å². The fraction of sp³-hybridized carbons (Fsp3) is 0.259. The molecule has 0 fully saturated rings. The average molecular weight is 443 g/mol. The molecule has 0 aliphatic heterocycles. The van der Waals surface area contributed by atoms with Crippen LogP contribution < -0.4 is 15.4 Å². The van der Waals surface area contributed by atoms with Crippen molar-refractivity contribution < 1.29 is 9.53 Å². The summed E-state index contributed by atoms with van der Waals surface area (Å²) in [6.45, 7) is 1.43. The Morgan fingerprint density at radius 3 is 2.48 bits per heavy atom. The fourth-order valence-corrected chi connectivity index (χ4v) is 3.61. The van der Waals surface area contributed by atoms with Crippen LogP contribution in [-0.4, -0.2) is 45.2 Å². The summed E-state index contributed by atoms with van der Waals surface area (Å²) in [4.78, 5) is 14.6. The molecule has 0 bridgehead atoms. The van der Waals surface area contributed by atoms with Crippen LogP contribution >= 0.6 is 0 Å². The van der Waals surface area contributed by atoms with E-state index in [1.165, 1.54) is 5.56 Å². The number of carbonyl (C=O) groups excluding carboxylic acids is 1. The summed E-state index contributed by atoms with van der Waals surface area (Å²) >= 11 is 0. The van der Waals surface area contributed by atoms with Gasteiger partial charge < -0.3 is 20.3 Å². The molecule has 1 atom stereocenters. The second-order valence-electron chi connectivity index (χ2n) is 8.17. The summed E-state index contributed by atoms with van der Waals surface area (Å²) in [7, 11) is 5.69. The van der Waals surface area contributed by atoms with Crippen LogP contribution in [0.2, 0.25) is 0 Å². The first-order valence-electron chi connectivity index (χ1n) is 10.9. The zero-order chi connectivity index (χ0) is 23.6. The van der Waals surface area contributed by atoms with Crippen LogP contribution in [-0.2, 0) is 0 Å².